The van der Waals surface area contributed by atoms with Crippen molar-refractivity contribution in [1.82, 2.24) is 0 Å². The van der Waals surface area contributed by atoms with Crippen LogP contribution in [0.25, 0.3) is 0 Å². The van der Waals surface area contributed by atoms with Gasteiger partial charge in [0, 0.05) is 23.0 Å². The average Bonchev–Trinajstić information content (AvgIpc) is 2.87. The fraction of sp³-hybridized carbons (Fsp3) is 0.529. The van der Waals surface area contributed by atoms with Crippen molar-refractivity contribution in [2.24, 2.45) is 0 Å². The second-order valence-corrected chi connectivity index (χ2v) is 7.03. The number of benzene rings is 1. The highest BCUT2D eigenvalue weighted by Gasteiger charge is 2.32. The molecule has 0 bridgehead atoms. The van der Waals surface area contributed by atoms with E-state index in [1.807, 2.05) is 19.9 Å². The van der Waals surface area contributed by atoms with Gasteiger partial charge in [-0.1, -0.05) is 15.9 Å². The Morgan fingerprint density at radius 3 is 2.68 bits per heavy atom. The van der Waals surface area contributed by atoms with Crippen LogP contribution >= 0.6 is 15.9 Å². The first-order valence-electron chi connectivity index (χ1n) is 7.84. The number of carbonyl (C=O) groups excluding carboxylic acids is 2. The van der Waals surface area contributed by atoms with Gasteiger partial charge < -0.3 is 4.74 Å². The third-order valence-electron chi connectivity index (χ3n) is 4.23. The summed E-state index contributed by atoms with van der Waals surface area (Å²) in [6, 6.07) is 1.89. The Bertz CT molecular complexity index is 639. The molecule has 0 unspecified atom stereocenters. The van der Waals surface area contributed by atoms with Crippen LogP contribution < -0.4 is 4.90 Å². The average molecular weight is 366 g/mol. The van der Waals surface area contributed by atoms with Crippen LogP contribution in [-0.2, 0) is 17.6 Å². The molecule has 2 aliphatic rings. The maximum Gasteiger partial charge on any atom is 0.414 e. The van der Waals surface area contributed by atoms with Crippen molar-refractivity contribution in [2.75, 3.05) is 11.4 Å². The molecule has 1 aliphatic carbocycles. The molecule has 1 amide bonds. The minimum Gasteiger partial charge on any atom is -0.446 e. The number of ether oxygens (including phenoxy) is 1. The molecular formula is C17H20BrNO3. The minimum absolute atomic E-state index is 0.116. The predicted molar refractivity (Wildman–Crippen MR) is 88.7 cm³/mol. The lowest BCUT2D eigenvalue weighted by atomic mass is 9.99. The van der Waals surface area contributed by atoms with E-state index in [4.69, 9.17) is 4.74 Å². The number of hydrogen-bond donors (Lipinski definition) is 0. The molecule has 3 rings (SSSR count). The van der Waals surface area contributed by atoms with Crippen LogP contribution in [0.3, 0.4) is 0 Å². The first kappa shape index (κ1) is 15.5. The lowest BCUT2D eigenvalue weighted by Gasteiger charge is -2.26. The summed E-state index contributed by atoms with van der Waals surface area (Å²) in [5.41, 5.74) is 3.82. The molecule has 1 aromatic carbocycles. The molecule has 118 valence electrons. The van der Waals surface area contributed by atoms with Gasteiger partial charge in [0.15, 0.2) is 5.78 Å². The van der Waals surface area contributed by atoms with Gasteiger partial charge in [-0.15, -0.1) is 0 Å². The molecule has 0 aromatic heterocycles. The molecule has 0 spiro atoms. The molecule has 1 heterocycles. The fourth-order valence-corrected chi connectivity index (χ4v) is 3.99. The molecule has 22 heavy (non-hydrogen) atoms. The Labute approximate surface area is 138 Å². The minimum atomic E-state index is -0.345. The monoisotopic (exact) mass is 365 g/mol. The summed E-state index contributed by atoms with van der Waals surface area (Å²) in [7, 11) is 0. The third kappa shape index (κ3) is 2.67. The van der Waals surface area contributed by atoms with Gasteiger partial charge in [-0.25, -0.2) is 4.79 Å². The molecule has 1 aliphatic heterocycles. The highest BCUT2D eigenvalue weighted by atomic mass is 79.9. The Kier molecular flexibility index (Phi) is 4.26. The van der Waals surface area contributed by atoms with Crippen LogP contribution in [0.1, 0.15) is 54.6 Å². The largest absolute Gasteiger partial charge is 0.446 e. The molecular weight excluding hydrogens is 346 g/mol. The van der Waals surface area contributed by atoms with Crippen molar-refractivity contribution < 1.29 is 14.3 Å². The van der Waals surface area contributed by atoms with Gasteiger partial charge in [0.05, 0.1) is 11.8 Å². The van der Waals surface area contributed by atoms with Gasteiger partial charge in [-0.3, -0.25) is 9.69 Å². The maximum absolute atomic E-state index is 12.5. The second kappa shape index (κ2) is 6.03. The summed E-state index contributed by atoms with van der Waals surface area (Å²) in [6.45, 7) is 4.22. The lowest BCUT2D eigenvalue weighted by molar-refractivity contribution is 0.0983. The zero-order chi connectivity index (χ0) is 15.9. The molecule has 0 saturated carbocycles. The number of anilines is 1. The zero-order valence-corrected chi connectivity index (χ0v) is 14.5. The summed E-state index contributed by atoms with van der Waals surface area (Å²) in [4.78, 5) is 26.6. The molecule has 1 aromatic rings. The topological polar surface area (TPSA) is 46.6 Å². The first-order valence-corrected chi connectivity index (χ1v) is 8.64. The van der Waals surface area contributed by atoms with Crippen molar-refractivity contribution in [3.05, 3.63) is 27.2 Å². The van der Waals surface area contributed by atoms with Gasteiger partial charge >= 0.3 is 6.09 Å². The van der Waals surface area contributed by atoms with Crippen molar-refractivity contribution in [2.45, 2.75) is 52.1 Å². The van der Waals surface area contributed by atoms with E-state index in [0.29, 0.717) is 24.9 Å². The number of amides is 1. The van der Waals surface area contributed by atoms with E-state index in [2.05, 4.69) is 15.9 Å². The second-order valence-electron chi connectivity index (χ2n) is 6.18. The zero-order valence-electron chi connectivity index (χ0n) is 12.9. The summed E-state index contributed by atoms with van der Waals surface area (Å²) in [6.07, 6.45) is 3.60. The Hall–Kier alpha value is -1.36. The van der Waals surface area contributed by atoms with E-state index in [9.17, 15) is 9.59 Å². The number of fused-ring (bicyclic) bond motifs is 3. The Morgan fingerprint density at radius 2 is 1.95 bits per heavy atom. The number of halogens is 1. The van der Waals surface area contributed by atoms with Crippen molar-refractivity contribution in [3.8, 4) is 0 Å². The molecule has 5 heteroatoms. The van der Waals surface area contributed by atoms with Crippen molar-refractivity contribution in [1.29, 1.82) is 0 Å². The van der Waals surface area contributed by atoms with E-state index in [0.717, 1.165) is 35.0 Å². The van der Waals surface area contributed by atoms with Crippen molar-refractivity contribution in [3.63, 3.8) is 0 Å². The number of nitrogens with zero attached hydrogens (tertiary/aromatic N) is 1. The fourth-order valence-electron chi connectivity index (χ4n) is 3.33. The lowest BCUT2D eigenvalue weighted by Crippen LogP contribution is -2.34. The van der Waals surface area contributed by atoms with Crippen LogP contribution in [0.4, 0.5) is 10.5 Å². The van der Waals surface area contributed by atoms with Gasteiger partial charge in [0.1, 0.15) is 0 Å². The van der Waals surface area contributed by atoms with E-state index in [-0.39, 0.29) is 18.0 Å². The van der Waals surface area contributed by atoms with E-state index in [1.165, 1.54) is 5.56 Å². The predicted octanol–water partition coefficient (Wildman–Crippen LogP) is 4.27. The van der Waals surface area contributed by atoms with E-state index >= 15 is 0 Å². The highest BCUT2D eigenvalue weighted by molar-refractivity contribution is 9.10. The van der Waals surface area contributed by atoms with Crippen LogP contribution in [0.15, 0.2) is 10.5 Å². The van der Waals surface area contributed by atoms with Crippen molar-refractivity contribution >= 4 is 33.5 Å². The number of hydrogen-bond acceptors (Lipinski definition) is 3. The summed E-state index contributed by atoms with van der Waals surface area (Å²) in [5.74, 6) is 0.116. The SMILES string of the molecule is CC(C)OC(=O)N1CCCC(=O)c2cc(Br)c3c(c21)CCC3. The number of rotatable bonds is 1. The first-order chi connectivity index (χ1) is 10.5. The Morgan fingerprint density at radius 1 is 1.23 bits per heavy atom. The maximum atomic E-state index is 12.5. The third-order valence-corrected chi connectivity index (χ3v) is 4.94. The highest BCUT2D eigenvalue weighted by Crippen LogP contribution is 2.41. The summed E-state index contributed by atoms with van der Waals surface area (Å²) >= 11 is 3.59. The van der Waals surface area contributed by atoms with E-state index in [1.54, 1.807) is 4.90 Å². The number of ketones is 1. The van der Waals surface area contributed by atoms with Crippen LogP contribution in [-0.4, -0.2) is 24.5 Å². The molecule has 0 radical (unpaired) electrons. The molecule has 0 fully saturated rings. The number of Topliss-reactive ketones (excluding diaryl/α,β-unsaturated/α-hetero) is 1. The molecule has 0 saturated heterocycles. The molecule has 4 nitrogen and oxygen atoms in total. The van der Waals surface area contributed by atoms with Gasteiger partial charge in [-0.05, 0) is 56.7 Å². The smallest absolute Gasteiger partial charge is 0.414 e. The van der Waals surface area contributed by atoms with Crippen LogP contribution in [0.5, 0.6) is 0 Å². The van der Waals surface area contributed by atoms with Crippen LogP contribution in [0, 0.1) is 0 Å². The Balaban J connectivity index is 2.13. The van der Waals surface area contributed by atoms with E-state index < -0.39 is 0 Å². The molecule has 0 atom stereocenters. The summed E-state index contributed by atoms with van der Waals surface area (Å²) < 4.78 is 6.38. The molecule has 0 N–H and O–H groups in total. The van der Waals surface area contributed by atoms with Crippen LogP contribution in [0.2, 0.25) is 0 Å². The quantitative estimate of drug-likeness (QED) is 0.746. The van der Waals surface area contributed by atoms with Gasteiger partial charge in [0.25, 0.3) is 0 Å². The number of carbonyl (C=O) groups is 2. The standard InChI is InChI=1S/C17H20BrNO3/c1-10(2)22-17(21)19-8-4-7-15(20)13-9-14(18)11-5-3-6-12(11)16(13)19/h9-10H,3-8H2,1-2H3. The summed E-state index contributed by atoms with van der Waals surface area (Å²) in [5, 5.41) is 0. The normalized spacial score (nSPS) is 17.3. The van der Waals surface area contributed by atoms with Gasteiger partial charge in [-0.2, -0.15) is 0 Å². The van der Waals surface area contributed by atoms with Gasteiger partial charge in [0.2, 0.25) is 0 Å².